The van der Waals surface area contributed by atoms with Gasteiger partial charge in [0, 0.05) is 23.4 Å². The van der Waals surface area contributed by atoms with Gasteiger partial charge in [0.1, 0.15) is 0 Å². The number of rotatable bonds is 2. The van der Waals surface area contributed by atoms with Crippen LogP contribution in [0.5, 0.6) is 11.5 Å². The van der Waals surface area contributed by atoms with Crippen molar-refractivity contribution in [1.82, 2.24) is 4.90 Å². The number of Topliss-reactive ketones (excluding diaryl/α,β-unsaturated/α-hetero) is 1. The Bertz CT molecular complexity index is 741. The molecule has 1 heterocycles. The van der Waals surface area contributed by atoms with Gasteiger partial charge in [-0.05, 0) is 50.1 Å². The summed E-state index contributed by atoms with van der Waals surface area (Å²) < 4.78 is 10.7. The summed E-state index contributed by atoms with van der Waals surface area (Å²) in [4.78, 5) is 14.8. The largest absolute Gasteiger partial charge is 0.504 e. The normalized spacial score (nSPS) is 31.8. The standard InChI is InChI=1S/C19H23NO4/c1-20-7-6-19-10-16(24-3)14(21)9-12(19)13(20)8-11-4-5-15(23-2)18(22)17(11)19/h4-5,10,12-13,22H,6-9H2,1-3H3/t12-,13+,19-/m0/s1. The van der Waals surface area contributed by atoms with Gasteiger partial charge in [0.15, 0.2) is 23.0 Å². The number of allylic oxidation sites excluding steroid dienone is 2. The maximum Gasteiger partial charge on any atom is 0.197 e. The molecule has 128 valence electrons. The molecule has 3 atom stereocenters. The number of hydrogen-bond acceptors (Lipinski definition) is 5. The molecule has 1 N–H and O–H groups in total. The number of aromatic hydroxyl groups is 1. The van der Waals surface area contributed by atoms with Crippen LogP contribution < -0.4 is 4.74 Å². The lowest BCUT2D eigenvalue weighted by Gasteiger charge is -2.56. The molecule has 0 saturated carbocycles. The first-order valence-corrected chi connectivity index (χ1v) is 8.41. The van der Waals surface area contributed by atoms with Crippen molar-refractivity contribution >= 4 is 5.78 Å². The number of nitrogens with zero attached hydrogens (tertiary/aromatic N) is 1. The molecule has 3 aliphatic rings. The summed E-state index contributed by atoms with van der Waals surface area (Å²) in [5.41, 5.74) is 1.71. The zero-order chi connectivity index (χ0) is 17.1. The molecule has 24 heavy (non-hydrogen) atoms. The highest BCUT2D eigenvalue weighted by Gasteiger charge is 2.56. The number of methoxy groups -OCH3 is 2. The first-order chi connectivity index (χ1) is 11.5. The Labute approximate surface area is 141 Å². The van der Waals surface area contributed by atoms with Crippen LogP contribution in [-0.4, -0.2) is 49.6 Å². The Balaban J connectivity index is 2.00. The van der Waals surface area contributed by atoms with Gasteiger partial charge in [-0.2, -0.15) is 0 Å². The monoisotopic (exact) mass is 329 g/mol. The van der Waals surface area contributed by atoms with Crippen LogP contribution >= 0.6 is 0 Å². The van der Waals surface area contributed by atoms with Crippen LogP contribution in [0.2, 0.25) is 0 Å². The van der Waals surface area contributed by atoms with Gasteiger partial charge in [-0.15, -0.1) is 0 Å². The molecular weight excluding hydrogens is 306 g/mol. The van der Waals surface area contributed by atoms with E-state index in [2.05, 4.69) is 18.0 Å². The highest BCUT2D eigenvalue weighted by molar-refractivity contribution is 5.95. The van der Waals surface area contributed by atoms with Gasteiger partial charge >= 0.3 is 0 Å². The van der Waals surface area contributed by atoms with Crippen molar-refractivity contribution in [3.63, 3.8) is 0 Å². The highest BCUT2D eigenvalue weighted by Crippen LogP contribution is 2.57. The molecule has 1 aliphatic heterocycles. The van der Waals surface area contributed by atoms with Crippen molar-refractivity contribution in [3.05, 3.63) is 35.1 Å². The molecule has 0 spiro atoms. The van der Waals surface area contributed by atoms with Gasteiger partial charge in [0.25, 0.3) is 0 Å². The van der Waals surface area contributed by atoms with Crippen molar-refractivity contribution in [1.29, 1.82) is 0 Å². The SMILES string of the molecule is COC1=C[C@]23CCN(C)[C@H](Cc4ccc(OC)c(O)c42)[C@@H]3CC1=O. The van der Waals surface area contributed by atoms with Gasteiger partial charge in [-0.25, -0.2) is 0 Å². The summed E-state index contributed by atoms with van der Waals surface area (Å²) in [5.74, 6) is 1.34. The highest BCUT2D eigenvalue weighted by atomic mass is 16.5. The smallest absolute Gasteiger partial charge is 0.197 e. The predicted octanol–water partition coefficient (Wildman–Crippen LogP) is 2.02. The molecular formula is C19H23NO4. The fraction of sp³-hybridized carbons (Fsp3) is 0.526. The summed E-state index contributed by atoms with van der Waals surface area (Å²) in [5, 5.41) is 10.9. The molecule has 1 aromatic rings. The van der Waals surface area contributed by atoms with Crippen LogP contribution in [0.4, 0.5) is 0 Å². The Morgan fingerprint density at radius 1 is 1.25 bits per heavy atom. The van der Waals surface area contributed by atoms with E-state index in [0.717, 1.165) is 30.5 Å². The summed E-state index contributed by atoms with van der Waals surface area (Å²) in [6, 6.07) is 4.18. The number of hydrogen-bond donors (Lipinski definition) is 1. The number of carbonyl (C=O) groups is 1. The van der Waals surface area contributed by atoms with Crippen molar-refractivity contribution < 1.29 is 19.4 Å². The van der Waals surface area contributed by atoms with Gasteiger partial charge in [-0.3, -0.25) is 4.79 Å². The number of ketones is 1. The molecule has 5 nitrogen and oxygen atoms in total. The van der Waals surface area contributed by atoms with Gasteiger partial charge in [-0.1, -0.05) is 6.07 Å². The average molecular weight is 329 g/mol. The quantitative estimate of drug-likeness (QED) is 0.899. The molecule has 2 aliphatic carbocycles. The van der Waals surface area contributed by atoms with E-state index < -0.39 is 0 Å². The Morgan fingerprint density at radius 2 is 2.04 bits per heavy atom. The van der Waals surface area contributed by atoms with E-state index in [4.69, 9.17) is 9.47 Å². The van der Waals surface area contributed by atoms with E-state index in [9.17, 15) is 9.90 Å². The van der Waals surface area contributed by atoms with Crippen molar-refractivity contribution in [3.8, 4) is 11.5 Å². The first-order valence-electron chi connectivity index (χ1n) is 8.41. The second kappa shape index (κ2) is 5.24. The molecule has 4 rings (SSSR count). The van der Waals surface area contributed by atoms with Crippen molar-refractivity contribution in [2.24, 2.45) is 5.92 Å². The zero-order valence-corrected chi connectivity index (χ0v) is 14.3. The third kappa shape index (κ3) is 1.88. The van der Waals surface area contributed by atoms with Gasteiger partial charge in [0.05, 0.1) is 14.2 Å². The minimum atomic E-state index is -0.358. The topological polar surface area (TPSA) is 59.0 Å². The third-order valence-electron chi connectivity index (χ3n) is 6.20. The second-order valence-corrected chi connectivity index (χ2v) is 7.14. The average Bonchev–Trinajstić information content (AvgIpc) is 2.58. The molecule has 1 aromatic carbocycles. The molecule has 1 fully saturated rings. The van der Waals surface area contributed by atoms with E-state index in [-0.39, 0.29) is 22.9 Å². The predicted molar refractivity (Wildman–Crippen MR) is 89.3 cm³/mol. The maximum atomic E-state index is 12.4. The summed E-state index contributed by atoms with van der Waals surface area (Å²) >= 11 is 0. The summed E-state index contributed by atoms with van der Waals surface area (Å²) in [6.45, 7) is 0.930. The molecule has 0 amide bonds. The third-order valence-corrected chi connectivity index (χ3v) is 6.20. The van der Waals surface area contributed by atoms with Crippen molar-refractivity contribution in [2.45, 2.75) is 30.7 Å². The number of likely N-dealkylation sites (tertiary alicyclic amines) is 1. The Hall–Kier alpha value is -2.01. The Morgan fingerprint density at radius 3 is 2.75 bits per heavy atom. The molecule has 0 radical (unpaired) electrons. The number of fused-ring (bicyclic) bond motifs is 1. The minimum absolute atomic E-state index is 0.0595. The number of likely N-dealkylation sites (N-methyl/N-ethyl adjacent to an activating group) is 1. The number of ether oxygens (including phenoxy) is 2. The lowest BCUT2D eigenvalue weighted by atomic mass is 9.54. The van der Waals surface area contributed by atoms with Crippen molar-refractivity contribution in [2.75, 3.05) is 27.8 Å². The number of piperidine rings is 1. The fourth-order valence-electron chi connectivity index (χ4n) is 5.02. The number of phenols is 1. The zero-order valence-electron chi connectivity index (χ0n) is 14.3. The number of carbonyl (C=O) groups excluding carboxylic acids is 1. The van der Waals surface area contributed by atoms with Crippen LogP contribution in [-0.2, 0) is 21.4 Å². The van der Waals surface area contributed by atoms with Crippen LogP contribution in [0.3, 0.4) is 0 Å². The molecule has 1 saturated heterocycles. The maximum absolute atomic E-state index is 12.4. The molecule has 0 unspecified atom stereocenters. The molecule has 5 heteroatoms. The van der Waals surface area contributed by atoms with Crippen LogP contribution in [0.25, 0.3) is 0 Å². The lowest BCUT2D eigenvalue weighted by Crippen LogP contribution is -2.60. The van der Waals surface area contributed by atoms with E-state index in [1.807, 2.05) is 12.1 Å². The molecule has 2 bridgehead atoms. The second-order valence-electron chi connectivity index (χ2n) is 7.14. The van der Waals surface area contributed by atoms with Crippen LogP contribution in [0, 0.1) is 5.92 Å². The Kier molecular flexibility index (Phi) is 3.39. The van der Waals surface area contributed by atoms with E-state index in [1.165, 1.54) is 0 Å². The first kappa shape index (κ1) is 15.5. The summed E-state index contributed by atoms with van der Waals surface area (Å²) in [7, 11) is 5.24. The van der Waals surface area contributed by atoms with Gasteiger partial charge < -0.3 is 19.5 Å². The van der Waals surface area contributed by atoms with E-state index >= 15 is 0 Å². The van der Waals surface area contributed by atoms with Crippen LogP contribution in [0.1, 0.15) is 24.0 Å². The molecule has 0 aromatic heterocycles. The van der Waals surface area contributed by atoms with Gasteiger partial charge in [0.2, 0.25) is 0 Å². The van der Waals surface area contributed by atoms with E-state index in [1.54, 1.807) is 14.2 Å². The lowest BCUT2D eigenvalue weighted by molar-refractivity contribution is -0.122. The van der Waals surface area contributed by atoms with Crippen LogP contribution in [0.15, 0.2) is 24.0 Å². The number of benzene rings is 1. The minimum Gasteiger partial charge on any atom is -0.504 e. The van der Waals surface area contributed by atoms with E-state index in [0.29, 0.717) is 24.0 Å². The summed E-state index contributed by atoms with van der Waals surface area (Å²) in [6.07, 6.45) is 4.14. The number of phenolic OH excluding ortho intramolecular Hbond substituents is 1. The fourth-order valence-corrected chi connectivity index (χ4v) is 5.02.